The van der Waals surface area contributed by atoms with Crippen molar-refractivity contribution >= 4 is 22.9 Å². The number of nitrogens with zero attached hydrogens (tertiary/aromatic N) is 1. The Morgan fingerprint density at radius 3 is 2.47 bits per heavy atom. The van der Waals surface area contributed by atoms with Gasteiger partial charge in [0, 0.05) is 35.8 Å². The van der Waals surface area contributed by atoms with Crippen molar-refractivity contribution < 1.29 is 9.18 Å². The number of para-hydroxylation sites is 1. The Labute approximate surface area is 175 Å². The summed E-state index contributed by atoms with van der Waals surface area (Å²) in [5.41, 5.74) is 3.84. The lowest BCUT2D eigenvalue weighted by molar-refractivity contribution is 0.0776. The Bertz CT molecular complexity index is 1150. The summed E-state index contributed by atoms with van der Waals surface area (Å²) < 4.78 is 13.3. The molecule has 150 valence electrons. The average Bonchev–Trinajstić information content (AvgIpc) is 3.20. The van der Waals surface area contributed by atoms with Crippen LogP contribution < -0.4 is 0 Å². The molecule has 0 saturated carbocycles. The van der Waals surface area contributed by atoms with Crippen LogP contribution in [-0.4, -0.2) is 28.9 Å². The molecule has 3 nitrogen and oxygen atoms in total. The fraction of sp³-hybridized carbons (Fsp3) is 0.115. The smallest absolute Gasteiger partial charge is 0.254 e. The summed E-state index contributed by atoms with van der Waals surface area (Å²) in [4.78, 5) is 18.2. The van der Waals surface area contributed by atoms with Crippen LogP contribution in [0.25, 0.3) is 17.0 Å². The van der Waals surface area contributed by atoms with E-state index in [1.165, 1.54) is 35.2 Å². The molecule has 1 aromatic heterocycles. The maximum atomic E-state index is 13.3. The van der Waals surface area contributed by atoms with Crippen molar-refractivity contribution in [1.82, 2.24) is 9.88 Å². The monoisotopic (exact) mass is 398 g/mol. The first-order valence-corrected chi connectivity index (χ1v) is 10.0. The minimum absolute atomic E-state index is 0.104. The summed E-state index contributed by atoms with van der Waals surface area (Å²) in [7, 11) is 0. The fourth-order valence-electron chi connectivity index (χ4n) is 3.52. The third-order valence-corrected chi connectivity index (χ3v) is 5.14. The number of hydrogen-bond acceptors (Lipinski definition) is 1. The van der Waals surface area contributed by atoms with Crippen LogP contribution in [0, 0.1) is 5.82 Å². The molecular formula is C26H23FN2O. The van der Waals surface area contributed by atoms with Crippen molar-refractivity contribution in [2.45, 2.75) is 6.42 Å². The molecule has 1 N–H and O–H groups in total. The third-order valence-electron chi connectivity index (χ3n) is 5.14. The van der Waals surface area contributed by atoms with Crippen LogP contribution in [0.4, 0.5) is 4.39 Å². The highest BCUT2D eigenvalue weighted by molar-refractivity contribution is 5.94. The van der Waals surface area contributed by atoms with Gasteiger partial charge in [0.05, 0.1) is 0 Å². The average molecular weight is 398 g/mol. The van der Waals surface area contributed by atoms with E-state index in [4.69, 9.17) is 0 Å². The van der Waals surface area contributed by atoms with E-state index < -0.39 is 0 Å². The van der Waals surface area contributed by atoms with Crippen LogP contribution in [0.3, 0.4) is 0 Å². The van der Waals surface area contributed by atoms with Gasteiger partial charge in [0.1, 0.15) is 5.82 Å². The van der Waals surface area contributed by atoms with Gasteiger partial charge >= 0.3 is 0 Å². The Kier molecular flexibility index (Phi) is 6.04. The third kappa shape index (κ3) is 4.66. The van der Waals surface area contributed by atoms with E-state index in [9.17, 15) is 9.18 Å². The second-order valence-corrected chi connectivity index (χ2v) is 7.18. The van der Waals surface area contributed by atoms with E-state index in [1.54, 1.807) is 4.90 Å². The second-order valence-electron chi connectivity index (χ2n) is 7.18. The van der Waals surface area contributed by atoms with Gasteiger partial charge in [0.2, 0.25) is 0 Å². The number of rotatable bonds is 7. The van der Waals surface area contributed by atoms with Gasteiger partial charge in [-0.3, -0.25) is 4.79 Å². The summed E-state index contributed by atoms with van der Waals surface area (Å²) in [5.74, 6) is -0.451. The Hall–Kier alpha value is -3.66. The quantitative estimate of drug-likeness (QED) is 0.426. The molecule has 3 aromatic carbocycles. The molecule has 0 aliphatic rings. The Balaban J connectivity index is 1.52. The number of carbonyl (C=O) groups excluding carboxylic acids is 1. The SMILES string of the molecule is O=C(c1ccc(F)cc1)N(C/C=C/c1ccccc1)CCc1c[nH]c2ccccc12. The number of benzene rings is 3. The molecule has 0 atom stereocenters. The number of halogens is 1. The number of nitrogens with one attached hydrogen (secondary N) is 1. The molecule has 0 bridgehead atoms. The maximum Gasteiger partial charge on any atom is 0.254 e. The van der Waals surface area contributed by atoms with E-state index in [1.807, 2.05) is 66.9 Å². The normalized spacial score (nSPS) is 11.2. The summed E-state index contributed by atoms with van der Waals surface area (Å²) in [6.07, 6.45) is 6.74. The topological polar surface area (TPSA) is 36.1 Å². The molecule has 0 fully saturated rings. The van der Waals surface area contributed by atoms with Crippen LogP contribution in [-0.2, 0) is 6.42 Å². The molecule has 4 rings (SSSR count). The first-order valence-electron chi connectivity index (χ1n) is 10.0. The van der Waals surface area contributed by atoms with Crippen LogP contribution in [0.2, 0.25) is 0 Å². The van der Waals surface area contributed by atoms with Crippen molar-refractivity contribution in [3.05, 3.63) is 114 Å². The van der Waals surface area contributed by atoms with Gasteiger partial charge in [-0.1, -0.05) is 60.7 Å². The predicted molar refractivity (Wildman–Crippen MR) is 120 cm³/mol. The van der Waals surface area contributed by atoms with Gasteiger partial charge in [0.15, 0.2) is 0 Å². The second kappa shape index (κ2) is 9.23. The fourth-order valence-corrected chi connectivity index (χ4v) is 3.52. The number of fused-ring (bicyclic) bond motifs is 1. The highest BCUT2D eigenvalue weighted by Crippen LogP contribution is 2.19. The molecule has 30 heavy (non-hydrogen) atoms. The number of H-pyrrole nitrogens is 1. The largest absolute Gasteiger partial charge is 0.361 e. The molecule has 0 spiro atoms. The minimum Gasteiger partial charge on any atom is -0.361 e. The van der Waals surface area contributed by atoms with Crippen LogP contribution in [0.15, 0.2) is 91.1 Å². The number of hydrogen-bond donors (Lipinski definition) is 1. The van der Waals surface area contributed by atoms with E-state index >= 15 is 0 Å². The first-order chi connectivity index (χ1) is 14.7. The zero-order valence-electron chi connectivity index (χ0n) is 16.6. The lowest BCUT2D eigenvalue weighted by Gasteiger charge is -2.21. The first kappa shape index (κ1) is 19.6. The number of aromatic nitrogens is 1. The molecular weight excluding hydrogens is 375 g/mol. The standard InChI is InChI=1S/C26H23FN2O/c27-23-14-12-21(13-15-23)26(30)29(17-6-9-20-7-2-1-3-8-20)18-16-22-19-28-25-11-5-4-10-24(22)25/h1-15,19,28H,16-18H2/b9-6+. The summed E-state index contributed by atoms with van der Waals surface area (Å²) in [6, 6.07) is 23.9. The van der Waals surface area contributed by atoms with Gasteiger partial charge in [0.25, 0.3) is 5.91 Å². The molecule has 0 radical (unpaired) electrons. The molecule has 0 aliphatic heterocycles. The van der Waals surface area contributed by atoms with Crippen molar-refractivity contribution in [3.63, 3.8) is 0 Å². The van der Waals surface area contributed by atoms with E-state index in [-0.39, 0.29) is 11.7 Å². The van der Waals surface area contributed by atoms with Gasteiger partial charge < -0.3 is 9.88 Å². The van der Waals surface area contributed by atoms with Crippen LogP contribution in [0.5, 0.6) is 0 Å². The van der Waals surface area contributed by atoms with Gasteiger partial charge in [-0.05, 0) is 47.9 Å². The number of carbonyl (C=O) groups is 1. The summed E-state index contributed by atoms with van der Waals surface area (Å²) in [6.45, 7) is 1.05. The summed E-state index contributed by atoms with van der Waals surface area (Å²) >= 11 is 0. The maximum absolute atomic E-state index is 13.3. The summed E-state index contributed by atoms with van der Waals surface area (Å²) in [5, 5.41) is 1.17. The van der Waals surface area contributed by atoms with Crippen molar-refractivity contribution in [2.75, 3.05) is 13.1 Å². The number of aromatic amines is 1. The molecule has 0 unspecified atom stereocenters. The van der Waals surface area contributed by atoms with Crippen LogP contribution in [0.1, 0.15) is 21.5 Å². The predicted octanol–water partition coefficient (Wildman–Crippen LogP) is 5.71. The molecule has 4 aromatic rings. The number of amides is 1. The minimum atomic E-state index is -0.346. The molecule has 4 heteroatoms. The molecule has 1 amide bonds. The lowest BCUT2D eigenvalue weighted by Crippen LogP contribution is -2.33. The zero-order chi connectivity index (χ0) is 20.8. The van der Waals surface area contributed by atoms with Gasteiger partial charge in [-0.2, -0.15) is 0 Å². The van der Waals surface area contributed by atoms with Crippen molar-refractivity contribution in [1.29, 1.82) is 0 Å². The van der Waals surface area contributed by atoms with Crippen LogP contribution >= 0.6 is 0 Å². The molecule has 0 saturated heterocycles. The Morgan fingerprint density at radius 1 is 0.933 bits per heavy atom. The van der Waals surface area contributed by atoms with Gasteiger partial charge in [-0.25, -0.2) is 4.39 Å². The van der Waals surface area contributed by atoms with Gasteiger partial charge in [-0.15, -0.1) is 0 Å². The van der Waals surface area contributed by atoms with E-state index in [2.05, 4.69) is 11.1 Å². The Morgan fingerprint density at radius 2 is 1.67 bits per heavy atom. The highest BCUT2D eigenvalue weighted by Gasteiger charge is 2.15. The lowest BCUT2D eigenvalue weighted by atomic mass is 10.1. The molecule has 1 heterocycles. The van der Waals surface area contributed by atoms with Crippen molar-refractivity contribution in [2.24, 2.45) is 0 Å². The van der Waals surface area contributed by atoms with E-state index in [0.29, 0.717) is 18.7 Å². The van der Waals surface area contributed by atoms with Crippen molar-refractivity contribution in [3.8, 4) is 0 Å². The zero-order valence-corrected chi connectivity index (χ0v) is 16.6. The molecule has 0 aliphatic carbocycles. The van der Waals surface area contributed by atoms with E-state index in [0.717, 1.165) is 17.5 Å². The highest BCUT2D eigenvalue weighted by atomic mass is 19.1.